The summed E-state index contributed by atoms with van der Waals surface area (Å²) in [6, 6.07) is 9.77. The lowest BCUT2D eigenvalue weighted by Gasteiger charge is -2.34. The predicted octanol–water partition coefficient (Wildman–Crippen LogP) is 3.05. The quantitative estimate of drug-likeness (QED) is 0.593. The molecular formula is C24H28N6O4. The van der Waals surface area contributed by atoms with Gasteiger partial charge in [0.25, 0.3) is 5.91 Å². The van der Waals surface area contributed by atoms with E-state index in [1.807, 2.05) is 41.8 Å². The Labute approximate surface area is 197 Å². The zero-order chi connectivity index (χ0) is 23.1. The molecule has 34 heavy (non-hydrogen) atoms. The number of likely N-dealkylation sites (N-methyl/N-ethyl adjacent to an activating group) is 1. The zero-order valence-corrected chi connectivity index (χ0v) is 19.0. The highest BCUT2D eigenvalue weighted by Crippen LogP contribution is 2.49. The minimum atomic E-state index is -0.766. The maximum atomic E-state index is 12.9. The van der Waals surface area contributed by atoms with Crippen LogP contribution in [0.1, 0.15) is 45.3 Å². The van der Waals surface area contributed by atoms with Crippen molar-refractivity contribution < 1.29 is 19.0 Å². The minimum absolute atomic E-state index is 0.193. The van der Waals surface area contributed by atoms with Crippen LogP contribution in [0.2, 0.25) is 0 Å². The van der Waals surface area contributed by atoms with E-state index in [0.717, 1.165) is 31.4 Å². The molecule has 178 valence electrons. The van der Waals surface area contributed by atoms with E-state index < -0.39 is 30.3 Å². The number of amides is 1. The normalized spacial score (nSPS) is 27.7. The number of rotatable bonds is 5. The lowest BCUT2D eigenvalue weighted by Crippen LogP contribution is -2.43. The third kappa shape index (κ3) is 3.62. The van der Waals surface area contributed by atoms with Crippen molar-refractivity contribution in [1.82, 2.24) is 24.8 Å². The third-order valence-corrected chi connectivity index (χ3v) is 6.79. The van der Waals surface area contributed by atoms with Gasteiger partial charge in [-0.25, -0.2) is 15.0 Å². The van der Waals surface area contributed by atoms with Crippen molar-refractivity contribution in [1.29, 1.82) is 0 Å². The first-order valence-electron chi connectivity index (χ1n) is 12.0. The lowest BCUT2D eigenvalue weighted by molar-refractivity contribution is -0.229. The van der Waals surface area contributed by atoms with E-state index >= 15 is 0 Å². The lowest BCUT2D eigenvalue weighted by atomic mass is 9.94. The number of ether oxygens (including phenoxy) is 3. The molecule has 4 atom stereocenters. The molecule has 1 amide bonds. The number of hydrogen-bond acceptors (Lipinski definition) is 8. The Kier molecular flexibility index (Phi) is 5.43. The Morgan fingerprint density at radius 1 is 1.09 bits per heavy atom. The number of anilines is 2. The van der Waals surface area contributed by atoms with Crippen molar-refractivity contribution in [3.8, 4) is 0 Å². The van der Waals surface area contributed by atoms with Gasteiger partial charge in [-0.15, -0.1) is 0 Å². The van der Waals surface area contributed by atoms with Gasteiger partial charge in [-0.3, -0.25) is 9.36 Å². The van der Waals surface area contributed by atoms with Crippen LogP contribution in [-0.2, 0) is 19.0 Å². The van der Waals surface area contributed by atoms with Crippen LogP contribution in [0, 0.1) is 0 Å². The fraction of sp³-hybridized carbons (Fsp3) is 0.500. The standard InChI is InChI=1S/C24H28N6O4/c1-2-25-22(31)18-17-19(34-24(33-17)11-7-4-8-12-24)23(32-18)30-14-28-16-20(26-13-27-21(16)30)29-15-9-5-3-6-10-15/h3,5-6,9-10,13-14,17-19,23H,2,4,7-8,11-12H2,1H3,(H,25,31)(H,26,27,29)/t17?,18-,19?,23+/m0/s1. The molecule has 2 aromatic heterocycles. The number of benzene rings is 1. The zero-order valence-electron chi connectivity index (χ0n) is 19.0. The molecule has 3 aromatic rings. The predicted molar refractivity (Wildman–Crippen MR) is 123 cm³/mol. The summed E-state index contributed by atoms with van der Waals surface area (Å²) < 4.78 is 21.1. The van der Waals surface area contributed by atoms with Crippen LogP contribution in [0.3, 0.4) is 0 Å². The van der Waals surface area contributed by atoms with Crippen molar-refractivity contribution >= 4 is 28.6 Å². The molecule has 3 aliphatic rings. The summed E-state index contributed by atoms with van der Waals surface area (Å²) in [5.41, 5.74) is 2.11. The SMILES string of the molecule is CCNC(=O)[C@H]1O[C@@H](n2cnc3c(Nc4ccccc4)ncnc32)C2OC3(CCCCC3)OC21. The Hall–Kier alpha value is -3.08. The number of fused-ring (bicyclic) bond motifs is 2. The van der Waals surface area contributed by atoms with E-state index in [1.165, 1.54) is 12.7 Å². The van der Waals surface area contributed by atoms with Gasteiger partial charge in [-0.05, 0) is 31.9 Å². The average molecular weight is 465 g/mol. The molecular weight excluding hydrogens is 436 g/mol. The van der Waals surface area contributed by atoms with Crippen molar-refractivity contribution in [2.24, 2.45) is 0 Å². The van der Waals surface area contributed by atoms with Gasteiger partial charge < -0.3 is 24.8 Å². The fourth-order valence-corrected chi connectivity index (χ4v) is 5.24. The molecule has 3 fully saturated rings. The summed E-state index contributed by atoms with van der Waals surface area (Å²) in [5.74, 6) is -0.245. The number of imidazole rings is 1. The molecule has 4 heterocycles. The molecule has 1 aromatic carbocycles. The number of nitrogens with zero attached hydrogens (tertiary/aromatic N) is 4. The molecule has 10 nitrogen and oxygen atoms in total. The van der Waals surface area contributed by atoms with Crippen LogP contribution in [0.4, 0.5) is 11.5 Å². The van der Waals surface area contributed by atoms with Crippen LogP contribution in [-0.4, -0.2) is 56.1 Å². The summed E-state index contributed by atoms with van der Waals surface area (Å²) in [4.78, 5) is 26.3. The maximum absolute atomic E-state index is 12.9. The average Bonchev–Trinajstić information content (AvgIpc) is 3.53. The van der Waals surface area contributed by atoms with Gasteiger partial charge in [0.05, 0.1) is 6.33 Å². The molecule has 10 heteroatoms. The summed E-state index contributed by atoms with van der Waals surface area (Å²) in [5, 5.41) is 6.17. The first-order valence-corrected chi connectivity index (χ1v) is 12.0. The highest BCUT2D eigenvalue weighted by molar-refractivity contribution is 5.85. The van der Waals surface area contributed by atoms with E-state index in [0.29, 0.717) is 23.5 Å². The summed E-state index contributed by atoms with van der Waals surface area (Å²) in [7, 11) is 0. The number of para-hydroxylation sites is 1. The van der Waals surface area contributed by atoms with Crippen LogP contribution >= 0.6 is 0 Å². The molecule has 1 saturated carbocycles. The van der Waals surface area contributed by atoms with Crippen molar-refractivity contribution in [2.75, 3.05) is 11.9 Å². The van der Waals surface area contributed by atoms with Crippen LogP contribution < -0.4 is 10.6 Å². The molecule has 2 unspecified atom stereocenters. The van der Waals surface area contributed by atoms with Gasteiger partial charge in [-0.1, -0.05) is 24.6 Å². The minimum Gasteiger partial charge on any atom is -0.354 e. The van der Waals surface area contributed by atoms with Crippen molar-refractivity contribution in [3.05, 3.63) is 43.0 Å². The molecule has 2 aliphatic heterocycles. The van der Waals surface area contributed by atoms with Gasteiger partial charge in [-0.2, -0.15) is 0 Å². The Bertz CT molecular complexity index is 1180. The maximum Gasteiger partial charge on any atom is 0.252 e. The molecule has 2 saturated heterocycles. The highest BCUT2D eigenvalue weighted by atomic mass is 16.8. The van der Waals surface area contributed by atoms with Gasteiger partial charge in [0, 0.05) is 25.1 Å². The second kappa shape index (κ2) is 8.61. The summed E-state index contributed by atoms with van der Waals surface area (Å²) >= 11 is 0. The van der Waals surface area contributed by atoms with Crippen LogP contribution in [0.15, 0.2) is 43.0 Å². The fourth-order valence-electron chi connectivity index (χ4n) is 5.24. The van der Waals surface area contributed by atoms with E-state index in [-0.39, 0.29) is 5.91 Å². The smallest absolute Gasteiger partial charge is 0.252 e. The number of hydrogen-bond donors (Lipinski definition) is 2. The van der Waals surface area contributed by atoms with E-state index in [9.17, 15) is 4.79 Å². The topological polar surface area (TPSA) is 112 Å². The first-order chi connectivity index (χ1) is 16.7. The number of nitrogens with one attached hydrogen (secondary N) is 2. The molecule has 0 radical (unpaired) electrons. The third-order valence-electron chi connectivity index (χ3n) is 6.79. The Morgan fingerprint density at radius 2 is 1.88 bits per heavy atom. The van der Waals surface area contributed by atoms with E-state index in [2.05, 4.69) is 25.6 Å². The van der Waals surface area contributed by atoms with Crippen LogP contribution in [0.25, 0.3) is 11.2 Å². The molecule has 1 aliphatic carbocycles. The van der Waals surface area contributed by atoms with Crippen molar-refractivity contribution in [3.63, 3.8) is 0 Å². The van der Waals surface area contributed by atoms with Gasteiger partial charge in [0.15, 0.2) is 35.1 Å². The number of carbonyl (C=O) groups excluding carboxylic acids is 1. The van der Waals surface area contributed by atoms with E-state index in [4.69, 9.17) is 14.2 Å². The summed E-state index contributed by atoms with van der Waals surface area (Å²) in [6.07, 6.45) is 5.80. The second-order valence-electron chi connectivity index (χ2n) is 9.02. The Balaban J connectivity index is 1.35. The molecule has 0 bridgehead atoms. The largest absolute Gasteiger partial charge is 0.354 e. The highest BCUT2D eigenvalue weighted by Gasteiger charge is 2.60. The number of carbonyl (C=O) groups is 1. The monoisotopic (exact) mass is 464 g/mol. The van der Waals surface area contributed by atoms with Gasteiger partial charge in [0.2, 0.25) is 0 Å². The summed E-state index contributed by atoms with van der Waals surface area (Å²) in [6.45, 7) is 2.40. The molecule has 1 spiro atoms. The van der Waals surface area contributed by atoms with Crippen molar-refractivity contribution in [2.45, 2.75) is 69.4 Å². The van der Waals surface area contributed by atoms with Gasteiger partial charge >= 0.3 is 0 Å². The first kappa shape index (κ1) is 21.5. The molecule has 6 rings (SSSR count). The Morgan fingerprint density at radius 3 is 2.68 bits per heavy atom. The van der Waals surface area contributed by atoms with Gasteiger partial charge in [0.1, 0.15) is 18.5 Å². The van der Waals surface area contributed by atoms with E-state index in [1.54, 1.807) is 6.33 Å². The number of aromatic nitrogens is 4. The molecule has 2 N–H and O–H groups in total. The second-order valence-corrected chi connectivity index (χ2v) is 9.02. The van der Waals surface area contributed by atoms with Crippen LogP contribution in [0.5, 0.6) is 0 Å².